The molecule has 0 unspecified atom stereocenters. The molecule has 122 valence electrons. The number of carboxylic acid groups (broad SMARTS) is 1. The van der Waals surface area contributed by atoms with Crippen molar-refractivity contribution in [3.63, 3.8) is 0 Å². The van der Waals surface area contributed by atoms with Crippen LogP contribution in [0.5, 0.6) is 5.75 Å². The molecule has 0 saturated heterocycles. The van der Waals surface area contributed by atoms with Gasteiger partial charge in [0.1, 0.15) is 11.4 Å². The molecule has 0 fully saturated rings. The first kappa shape index (κ1) is 17.9. The SMILES string of the molecule is CC(C)CCOc1ccc(-c2cc(C(=O)O)[nH]c(=S)n2)cc1I. The Morgan fingerprint density at radius 2 is 2.17 bits per heavy atom. The van der Waals surface area contributed by atoms with Crippen molar-refractivity contribution in [2.24, 2.45) is 5.92 Å². The van der Waals surface area contributed by atoms with E-state index in [2.05, 4.69) is 46.4 Å². The fraction of sp³-hybridized carbons (Fsp3) is 0.312. The number of hydrogen-bond donors (Lipinski definition) is 2. The summed E-state index contributed by atoms with van der Waals surface area (Å²) in [6.07, 6.45) is 0.995. The number of aromatic nitrogens is 2. The van der Waals surface area contributed by atoms with Gasteiger partial charge >= 0.3 is 5.97 Å². The van der Waals surface area contributed by atoms with Gasteiger partial charge in [0.2, 0.25) is 0 Å². The summed E-state index contributed by atoms with van der Waals surface area (Å²) < 4.78 is 6.87. The molecular formula is C16H17IN2O3S. The van der Waals surface area contributed by atoms with Crippen LogP contribution >= 0.6 is 34.8 Å². The Morgan fingerprint density at radius 3 is 2.78 bits per heavy atom. The first-order valence-electron chi connectivity index (χ1n) is 7.14. The third kappa shape index (κ3) is 5.00. The van der Waals surface area contributed by atoms with Gasteiger partial charge < -0.3 is 14.8 Å². The van der Waals surface area contributed by atoms with Gasteiger partial charge in [-0.3, -0.25) is 0 Å². The van der Waals surface area contributed by atoms with Crippen LogP contribution in [0, 0.1) is 14.3 Å². The van der Waals surface area contributed by atoms with Crippen molar-refractivity contribution in [2.75, 3.05) is 6.61 Å². The Morgan fingerprint density at radius 1 is 1.43 bits per heavy atom. The summed E-state index contributed by atoms with van der Waals surface area (Å²) in [5, 5.41) is 9.09. The number of aromatic amines is 1. The first-order valence-corrected chi connectivity index (χ1v) is 8.63. The summed E-state index contributed by atoms with van der Waals surface area (Å²) in [5.41, 5.74) is 1.35. The molecule has 7 heteroatoms. The van der Waals surface area contributed by atoms with Crippen LogP contribution < -0.4 is 4.74 Å². The van der Waals surface area contributed by atoms with Gasteiger partial charge in [0.05, 0.1) is 15.9 Å². The summed E-state index contributed by atoms with van der Waals surface area (Å²) in [6.45, 7) is 4.98. The Bertz CT molecular complexity index is 774. The highest BCUT2D eigenvalue weighted by Gasteiger charge is 2.10. The van der Waals surface area contributed by atoms with Gasteiger partial charge in [-0.1, -0.05) is 13.8 Å². The fourth-order valence-corrected chi connectivity index (χ4v) is 2.78. The molecule has 0 saturated carbocycles. The number of hydrogen-bond acceptors (Lipinski definition) is 4. The molecule has 2 rings (SSSR count). The van der Waals surface area contributed by atoms with E-state index in [9.17, 15) is 4.79 Å². The highest BCUT2D eigenvalue weighted by molar-refractivity contribution is 14.1. The molecule has 2 aromatic rings. The second-order valence-corrected chi connectivity index (χ2v) is 7.02. The van der Waals surface area contributed by atoms with Crippen LogP contribution in [-0.4, -0.2) is 27.7 Å². The zero-order valence-corrected chi connectivity index (χ0v) is 15.8. The lowest BCUT2D eigenvalue weighted by Crippen LogP contribution is -2.03. The number of nitrogens with zero attached hydrogens (tertiary/aromatic N) is 1. The molecule has 0 bridgehead atoms. The number of rotatable bonds is 6. The summed E-state index contributed by atoms with van der Waals surface area (Å²) in [4.78, 5) is 17.9. The predicted molar refractivity (Wildman–Crippen MR) is 99.5 cm³/mol. The van der Waals surface area contributed by atoms with Gasteiger partial charge in [-0.25, -0.2) is 9.78 Å². The largest absolute Gasteiger partial charge is 0.492 e. The van der Waals surface area contributed by atoms with Gasteiger partial charge in [0.15, 0.2) is 4.77 Å². The summed E-state index contributed by atoms with van der Waals surface area (Å²) in [6, 6.07) is 7.12. The average molecular weight is 444 g/mol. The van der Waals surface area contributed by atoms with Crippen LogP contribution in [0.15, 0.2) is 24.3 Å². The molecule has 0 aliphatic rings. The highest BCUT2D eigenvalue weighted by Crippen LogP contribution is 2.27. The number of carbonyl (C=O) groups is 1. The van der Waals surface area contributed by atoms with Crippen LogP contribution in [0.1, 0.15) is 30.8 Å². The van der Waals surface area contributed by atoms with Crippen molar-refractivity contribution in [2.45, 2.75) is 20.3 Å². The molecule has 0 radical (unpaired) electrons. The molecule has 0 spiro atoms. The van der Waals surface area contributed by atoms with Gasteiger partial charge in [-0.15, -0.1) is 0 Å². The maximum atomic E-state index is 11.1. The maximum Gasteiger partial charge on any atom is 0.352 e. The van der Waals surface area contributed by atoms with E-state index in [0.717, 1.165) is 21.3 Å². The lowest BCUT2D eigenvalue weighted by Gasteiger charge is -2.11. The van der Waals surface area contributed by atoms with E-state index in [-0.39, 0.29) is 10.5 Å². The van der Waals surface area contributed by atoms with Crippen molar-refractivity contribution in [1.82, 2.24) is 9.97 Å². The Hall–Kier alpha value is -1.48. The molecule has 0 aliphatic heterocycles. The first-order chi connectivity index (χ1) is 10.9. The topological polar surface area (TPSA) is 75.2 Å². The Balaban J connectivity index is 2.26. The number of halogens is 1. The van der Waals surface area contributed by atoms with Crippen molar-refractivity contribution >= 4 is 40.8 Å². The minimum Gasteiger partial charge on any atom is -0.492 e. The third-order valence-electron chi connectivity index (χ3n) is 3.16. The van der Waals surface area contributed by atoms with E-state index in [1.165, 1.54) is 6.07 Å². The predicted octanol–water partition coefficient (Wildman–Crippen LogP) is 4.53. The second kappa shape index (κ2) is 7.87. The van der Waals surface area contributed by atoms with Crippen molar-refractivity contribution in [1.29, 1.82) is 0 Å². The zero-order chi connectivity index (χ0) is 17.0. The molecule has 5 nitrogen and oxygen atoms in total. The quantitative estimate of drug-likeness (QED) is 0.506. The van der Waals surface area contributed by atoms with Gasteiger partial charge in [-0.05, 0) is 71.4 Å². The van der Waals surface area contributed by atoms with E-state index in [1.807, 2.05) is 18.2 Å². The lowest BCUT2D eigenvalue weighted by molar-refractivity contribution is 0.0690. The lowest BCUT2D eigenvalue weighted by atomic mass is 10.1. The van der Waals surface area contributed by atoms with Crippen molar-refractivity contribution < 1.29 is 14.6 Å². The standard InChI is InChI=1S/C16H17IN2O3S/c1-9(2)5-6-22-14-4-3-10(7-11(14)17)12-8-13(15(20)21)19-16(23)18-12/h3-4,7-9H,5-6H2,1-2H3,(H,20,21)(H,18,19,23). The maximum absolute atomic E-state index is 11.1. The summed E-state index contributed by atoms with van der Waals surface area (Å²) in [7, 11) is 0. The minimum absolute atomic E-state index is 0.0206. The Labute approximate surface area is 153 Å². The molecule has 2 N–H and O–H groups in total. The number of carboxylic acids is 1. The summed E-state index contributed by atoms with van der Waals surface area (Å²) >= 11 is 7.19. The molecule has 1 aromatic heterocycles. The number of ether oxygens (including phenoxy) is 1. The van der Waals surface area contributed by atoms with Crippen molar-refractivity contribution in [3.05, 3.63) is 38.3 Å². The van der Waals surface area contributed by atoms with E-state index >= 15 is 0 Å². The zero-order valence-electron chi connectivity index (χ0n) is 12.8. The monoisotopic (exact) mass is 444 g/mol. The second-order valence-electron chi connectivity index (χ2n) is 5.47. The highest BCUT2D eigenvalue weighted by atomic mass is 127. The van der Waals surface area contributed by atoms with Crippen LogP contribution in [0.4, 0.5) is 0 Å². The molecule has 23 heavy (non-hydrogen) atoms. The van der Waals surface area contributed by atoms with E-state index in [4.69, 9.17) is 22.1 Å². The third-order valence-corrected chi connectivity index (χ3v) is 4.19. The molecule has 1 heterocycles. The minimum atomic E-state index is -1.07. The molecule has 0 aliphatic carbocycles. The average Bonchev–Trinajstić information content (AvgIpc) is 2.47. The van der Waals surface area contributed by atoms with Gasteiger partial charge in [0.25, 0.3) is 0 Å². The van der Waals surface area contributed by atoms with Gasteiger partial charge in [0, 0.05) is 5.56 Å². The smallest absolute Gasteiger partial charge is 0.352 e. The van der Waals surface area contributed by atoms with Gasteiger partial charge in [-0.2, -0.15) is 0 Å². The van der Waals surface area contributed by atoms with Crippen LogP contribution in [-0.2, 0) is 0 Å². The number of aromatic carboxylic acids is 1. The number of nitrogens with one attached hydrogen (secondary N) is 1. The molecule has 1 aromatic carbocycles. The Kier molecular flexibility index (Phi) is 6.11. The van der Waals surface area contributed by atoms with Crippen LogP contribution in [0.25, 0.3) is 11.3 Å². The number of benzene rings is 1. The van der Waals surface area contributed by atoms with E-state index in [0.29, 0.717) is 18.2 Å². The van der Waals surface area contributed by atoms with Crippen LogP contribution in [0.2, 0.25) is 0 Å². The number of H-pyrrole nitrogens is 1. The summed E-state index contributed by atoms with van der Waals surface area (Å²) in [5.74, 6) is 0.342. The normalized spacial score (nSPS) is 10.8. The fourth-order valence-electron chi connectivity index (χ4n) is 1.90. The van der Waals surface area contributed by atoms with E-state index in [1.54, 1.807) is 0 Å². The van der Waals surface area contributed by atoms with E-state index < -0.39 is 5.97 Å². The van der Waals surface area contributed by atoms with Crippen LogP contribution in [0.3, 0.4) is 0 Å². The molecular weight excluding hydrogens is 427 g/mol. The molecule has 0 amide bonds. The molecule has 0 atom stereocenters. The van der Waals surface area contributed by atoms with Crippen molar-refractivity contribution in [3.8, 4) is 17.0 Å².